The molecule has 1 heterocycles. The second kappa shape index (κ2) is 5.70. The number of carbonyl (C=O) groups excluding carboxylic acids is 1. The summed E-state index contributed by atoms with van der Waals surface area (Å²) in [7, 11) is 0. The molecular formula is C17H23NO2. The van der Waals surface area contributed by atoms with E-state index in [2.05, 4.69) is 32.3 Å². The van der Waals surface area contributed by atoms with Gasteiger partial charge < -0.3 is 9.64 Å². The molecule has 0 N–H and O–H groups in total. The highest BCUT2D eigenvalue weighted by Gasteiger charge is 2.31. The fourth-order valence-corrected chi connectivity index (χ4v) is 2.36. The van der Waals surface area contributed by atoms with Crippen LogP contribution >= 0.6 is 0 Å². The van der Waals surface area contributed by atoms with Gasteiger partial charge >= 0.3 is 0 Å². The first kappa shape index (κ1) is 14.6. The molecule has 0 spiro atoms. The number of likely N-dealkylation sites (tertiary alicyclic amines) is 1. The number of para-hydroxylation sites is 1. The van der Waals surface area contributed by atoms with Crippen LogP contribution in [0.15, 0.2) is 36.5 Å². The maximum Gasteiger partial charge on any atom is 0.153 e. The SMILES string of the molecule is C=C(CC(C)(C)C)N1CC(Oc2ccccc2C=O)C1. The highest BCUT2D eigenvalue weighted by Crippen LogP contribution is 2.29. The van der Waals surface area contributed by atoms with Crippen molar-refractivity contribution in [3.8, 4) is 5.75 Å². The Labute approximate surface area is 121 Å². The number of carbonyl (C=O) groups is 1. The van der Waals surface area contributed by atoms with E-state index in [0.717, 1.165) is 25.8 Å². The van der Waals surface area contributed by atoms with E-state index in [1.165, 1.54) is 5.70 Å². The molecule has 0 atom stereocenters. The Morgan fingerprint density at radius 3 is 2.65 bits per heavy atom. The van der Waals surface area contributed by atoms with Crippen LogP contribution in [0.5, 0.6) is 5.75 Å². The minimum absolute atomic E-state index is 0.146. The van der Waals surface area contributed by atoms with E-state index in [9.17, 15) is 4.79 Å². The third-order valence-corrected chi connectivity index (χ3v) is 3.37. The zero-order chi connectivity index (χ0) is 14.8. The summed E-state index contributed by atoms with van der Waals surface area (Å²) in [6.45, 7) is 12.5. The molecule has 0 bridgehead atoms. The van der Waals surface area contributed by atoms with Crippen molar-refractivity contribution in [2.24, 2.45) is 5.41 Å². The Hall–Kier alpha value is -1.77. The van der Waals surface area contributed by atoms with Gasteiger partial charge in [0.05, 0.1) is 18.7 Å². The number of benzene rings is 1. The van der Waals surface area contributed by atoms with Crippen molar-refractivity contribution in [1.82, 2.24) is 4.90 Å². The lowest BCUT2D eigenvalue weighted by Crippen LogP contribution is -2.53. The van der Waals surface area contributed by atoms with Gasteiger partial charge in [-0.25, -0.2) is 0 Å². The number of allylic oxidation sites excluding steroid dienone is 1. The van der Waals surface area contributed by atoms with E-state index in [1.807, 2.05) is 18.2 Å². The smallest absolute Gasteiger partial charge is 0.153 e. The van der Waals surface area contributed by atoms with Crippen molar-refractivity contribution in [3.05, 3.63) is 42.1 Å². The average Bonchev–Trinajstić information content (AvgIpc) is 2.31. The summed E-state index contributed by atoms with van der Waals surface area (Å²) in [5, 5.41) is 0. The Kier molecular flexibility index (Phi) is 4.17. The lowest BCUT2D eigenvalue weighted by molar-refractivity contribution is 0.0382. The van der Waals surface area contributed by atoms with Crippen LogP contribution in [-0.4, -0.2) is 30.4 Å². The molecule has 1 aliphatic rings. The fraction of sp³-hybridized carbons (Fsp3) is 0.471. The van der Waals surface area contributed by atoms with Crippen LogP contribution in [0.2, 0.25) is 0 Å². The molecule has 1 aliphatic heterocycles. The normalized spacial score (nSPS) is 15.7. The predicted molar refractivity (Wildman–Crippen MR) is 81.0 cm³/mol. The Morgan fingerprint density at radius 1 is 1.40 bits per heavy atom. The first-order valence-electron chi connectivity index (χ1n) is 7.02. The first-order chi connectivity index (χ1) is 9.39. The van der Waals surface area contributed by atoms with Crippen molar-refractivity contribution < 1.29 is 9.53 Å². The molecule has 0 aromatic heterocycles. The third-order valence-electron chi connectivity index (χ3n) is 3.37. The van der Waals surface area contributed by atoms with Crippen molar-refractivity contribution in [3.63, 3.8) is 0 Å². The van der Waals surface area contributed by atoms with Crippen LogP contribution in [-0.2, 0) is 0 Å². The molecule has 1 aromatic carbocycles. The summed E-state index contributed by atoms with van der Waals surface area (Å²) >= 11 is 0. The maximum absolute atomic E-state index is 10.9. The van der Waals surface area contributed by atoms with Crippen molar-refractivity contribution >= 4 is 6.29 Å². The van der Waals surface area contributed by atoms with E-state index in [4.69, 9.17) is 4.74 Å². The molecule has 108 valence electrons. The standard InChI is InChI=1S/C17H23NO2/c1-13(9-17(2,3)4)18-10-15(11-18)20-16-8-6-5-7-14(16)12-19/h5-8,12,15H,1,9-11H2,2-4H3. The topological polar surface area (TPSA) is 29.5 Å². The van der Waals surface area contributed by atoms with E-state index in [1.54, 1.807) is 6.07 Å². The third kappa shape index (κ3) is 3.62. The number of hydrogen-bond acceptors (Lipinski definition) is 3. The molecular weight excluding hydrogens is 250 g/mol. The van der Waals surface area contributed by atoms with E-state index < -0.39 is 0 Å². The minimum Gasteiger partial charge on any atom is -0.486 e. The number of aldehydes is 1. The second-order valence-corrected chi connectivity index (χ2v) is 6.60. The highest BCUT2D eigenvalue weighted by molar-refractivity contribution is 5.79. The van der Waals surface area contributed by atoms with Gasteiger partial charge in [-0.3, -0.25) is 4.79 Å². The van der Waals surface area contributed by atoms with Gasteiger partial charge in [0.25, 0.3) is 0 Å². The van der Waals surface area contributed by atoms with Gasteiger partial charge in [0.1, 0.15) is 11.9 Å². The zero-order valence-electron chi connectivity index (χ0n) is 12.6. The molecule has 0 radical (unpaired) electrons. The van der Waals surface area contributed by atoms with Gasteiger partial charge in [0.15, 0.2) is 6.29 Å². The molecule has 3 nitrogen and oxygen atoms in total. The van der Waals surface area contributed by atoms with Crippen molar-refractivity contribution in [2.75, 3.05) is 13.1 Å². The monoisotopic (exact) mass is 273 g/mol. The van der Waals surface area contributed by atoms with Gasteiger partial charge in [-0.2, -0.15) is 0 Å². The summed E-state index contributed by atoms with van der Waals surface area (Å²) in [6, 6.07) is 7.35. The van der Waals surface area contributed by atoms with E-state index in [-0.39, 0.29) is 11.5 Å². The summed E-state index contributed by atoms with van der Waals surface area (Å²) < 4.78 is 5.87. The number of hydrogen-bond donors (Lipinski definition) is 0. The molecule has 2 rings (SSSR count). The lowest BCUT2D eigenvalue weighted by Gasteiger charge is -2.43. The van der Waals surface area contributed by atoms with Gasteiger partial charge in [-0.15, -0.1) is 0 Å². The second-order valence-electron chi connectivity index (χ2n) is 6.60. The molecule has 20 heavy (non-hydrogen) atoms. The fourth-order valence-electron chi connectivity index (χ4n) is 2.36. The molecule has 0 saturated carbocycles. The summed E-state index contributed by atoms with van der Waals surface area (Å²) in [6.07, 6.45) is 1.97. The predicted octanol–water partition coefficient (Wildman–Crippen LogP) is 3.51. The zero-order valence-corrected chi connectivity index (χ0v) is 12.6. The molecule has 1 saturated heterocycles. The quantitative estimate of drug-likeness (QED) is 0.769. The van der Waals surface area contributed by atoms with Crippen molar-refractivity contribution in [2.45, 2.75) is 33.3 Å². The molecule has 0 unspecified atom stereocenters. The Balaban J connectivity index is 1.85. The molecule has 1 fully saturated rings. The first-order valence-corrected chi connectivity index (χ1v) is 7.02. The van der Waals surface area contributed by atoms with Crippen LogP contribution in [0.4, 0.5) is 0 Å². The van der Waals surface area contributed by atoms with Gasteiger partial charge in [-0.05, 0) is 24.0 Å². The van der Waals surface area contributed by atoms with Crippen LogP contribution in [0.1, 0.15) is 37.6 Å². The van der Waals surface area contributed by atoms with Gasteiger partial charge in [0, 0.05) is 5.70 Å². The summed E-state index contributed by atoms with van der Waals surface area (Å²) in [4.78, 5) is 13.2. The average molecular weight is 273 g/mol. The summed E-state index contributed by atoms with van der Waals surface area (Å²) in [5.74, 6) is 0.675. The Morgan fingerprint density at radius 2 is 2.05 bits per heavy atom. The number of ether oxygens (including phenoxy) is 1. The van der Waals surface area contributed by atoms with Gasteiger partial charge in [0.2, 0.25) is 0 Å². The minimum atomic E-state index is 0.146. The van der Waals surface area contributed by atoms with Gasteiger partial charge in [-0.1, -0.05) is 39.5 Å². The molecule has 0 amide bonds. The van der Waals surface area contributed by atoms with Crippen LogP contribution in [0, 0.1) is 5.41 Å². The lowest BCUT2D eigenvalue weighted by atomic mass is 9.89. The molecule has 0 aliphatic carbocycles. The Bertz CT molecular complexity index is 496. The largest absolute Gasteiger partial charge is 0.486 e. The molecule has 1 aromatic rings. The van der Waals surface area contributed by atoms with Crippen molar-refractivity contribution in [1.29, 1.82) is 0 Å². The highest BCUT2D eigenvalue weighted by atomic mass is 16.5. The molecule has 3 heteroatoms. The number of rotatable bonds is 5. The van der Waals surface area contributed by atoms with Crippen LogP contribution < -0.4 is 4.74 Å². The van der Waals surface area contributed by atoms with E-state index in [0.29, 0.717) is 11.3 Å². The van der Waals surface area contributed by atoms with Crippen LogP contribution in [0.25, 0.3) is 0 Å². The van der Waals surface area contributed by atoms with E-state index >= 15 is 0 Å². The van der Waals surface area contributed by atoms with Crippen LogP contribution in [0.3, 0.4) is 0 Å². The summed E-state index contributed by atoms with van der Waals surface area (Å²) in [5.41, 5.74) is 2.04. The number of nitrogens with zero attached hydrogens (tertiary/aromatic N) is 1. The maximum atomic E-state index is 10.9.